The minimum Gasteiger partial charge on any atom is -0.459 e. The van der Waals surface area contributed by atoms with Gasteiger partial charge in [0.15, 0.2) is 0 Å². The van der Waals surface area contributed by atoms with E-state index in [0.29, 0.717) is 0 Å². The molecular weight excluding hydrogens is 406 g/mol. The van der Waals surface area contributed by atoms with E-state index in [-0.39, 0.29) is 62.4 Å². The smallest absolute Gasteiger partial charge is 0.417 e. The Labute approximate surface area is 163 Å². The summed E-state index contributed by atoms with van der Waals surface area (Å²) in [7, 11) is 0. The number of hydrogen-bond donors (Lipinski definition) is 4. The third kappa shape index (κ3) is 25.8. The van der Waals surface area contributed by atoms with Gasteiger partial charge in [0, 0.05) is 37.1 Å². The maximum Gasteiger partial charge on any atom is 0.417 e. The first-order chi connectivity index (χ1) is 9.94. The summed E-state index contributed by atoms with van der Waals surface area (Å²) in [6.07, 6.45) is 0. The molecule has 1 amide bonds. The Kier molecular flexibility index (Phi) is 47.8. The molecule has 0 saturated carbocycles. The molecule has 0 heterocycles. The van der Waals surface area contributed by atoms with Gasteiger partial charge in [0.1, 0.15) is 0 Å². The number of carbonyl (C=O) groups is 4. The van der Waals surface area contributed by atoms with E-state index < -0.39 is 23.8 Å². The van der Waals surface area contributed by atoms with Gasteiger partial charge in [0.25, 0.3) is 0 Å². The van der Waals surface area contributed by atoms with Gasteiger partial charge in [0.05, 0.1) is 19.8 Å². The van der Waals surface area contributed by atoms with Crippen LogP contribution in [0.25, 0.3) is 0 Å². The second-order valence-electron chi connectivity index (χ2n) is 2.63. The number of hydrazine groups is 2. The molecule has 142 valence electrons. The molecule has 14 heteroatoms. The van der Waals surface area contributed by atoms with Crippen molar-refractivity contribution >= 4 is 23.8 Å². The molecule has 12 nitrogen and oxygen atoms in total. The van der Waals surface area contributed by atoms with Crippen LogP contribution in [0.2, 0.25) is 0 Å². The molecule has 0 aromatic carbocycles. The van der Waals surface area contributed by atoms with Gasteiger partial charge in [-0.25, -0.2) is 20.2 Å². The van der Waals surface area contributed by atoms with Crippen molar-refractivity contribution in [3.8, 4) is 0 Å². The molecule has 9 N–H and O–H groups in total. The van der Waals surface area contributed by atoms with Crippen molar-refractivity contribution in [2.24, 2.45) is 17.5 Å². The Hall–Kier alpha value is -1.11. The van der Waals surface area contributed by atoms with E-state index in [2.05, 4.69) is 31.7 Å². The second kappa shape index (κ2) is 29.8. The normalized spacial score (nSPS) is 6.92. The van der Waals surface area contributed by atoms with Crippen LogP contribution in [0.4, 0.5) is 0 Å². The van der Waals surface area contributed by atoms with Gasteiger partial charge in [0.2, 0.25) is 0 Å². The van der Waals surface area contributed by atoms with E-state index >= 15 is 0 Å². The predicted octanol–water partition coefficient (Wildman–Crippen LogP) is -3.36. The summed E-state index contributed by atoms with van der Waals surface area (Å²) in [6.45, 7) is 5.40. The van der Waals surface area contributed by atoms with Crippen LogP contribution in [-0.2, 0) is 70.5 Å². The summed E-state index contributed by atoms with van der Waals surface area (Å²) in [5.41, 5.74) is 1.64. The fourth-order valence-electron chi connectivity index (χ4n) is 0.636. The summed E-state index contributed by atoms with van der Waals surface area (Å²) in [6, 6.07) is 0. The molecule has 0 atom stereocenters. The maximum atomic E-state index is 10.4. The summed E-state index contributed by atoms with van der Waals surface area (Å²) >= 11 is 0. The summed E-state index contributed by atoms with van der Waals surface area (Å²) in [5.74, 6) is 8.86. The molecule has 0 bridgehead atoms. The van der Waals surface area contributed by atoms with Crippen LogP contribution in [0, 0.1) is 0 Å². The third-order valence-electron chi connectivity index (χ3n) is 1.31. The van der Waals surface area contributed by atoms with E-state index in [1.165, 1.54) is 0 Å². The van der Waals surface area contributed by atoms with Crippen molar-refractivity contribution in [1.82, 2.24) is 5.43 Å². The minimum atomic E-state index is -0.958. The maximum absolute atomic E-state index is 10.4. The van der Waals surface area contributed by atoms with Crippen molar-refractivity contribution in [3.05, 3.63) is 0 Å². The SMILES string of the molecule is CCOC(=O)C(=O)NN.CCOC(=O)C(=O)OCC.NN.O.[V].[V]. The molecule has 0 saturated heterocycles. The van der Waals surface area contributed by atoms with E-state index in [1.807, 2.05) is 0 Å². The quantitative estimate of drug-likeness (QED) is 0.0870. The Morgan fingerprint density at radius 1 is 0.750 bits per heavy atom. The average molecular weight is 430 g/mol. The number of esters is 3. The van der Waals surface area contributed by atoms with Crippen molar-refractivity contribution in [3.63, 3.8) is 0 Å². The van der Waals surface area contributed by atoms with Crippen LogP contribution in [0.5, 0.6) is 0 Å². The van der Waals surface area contributed by atoms with Crippen molar-refractivity contribution in [1.29, 1.82) is 0 Å². The zero-order valence-electron chi connectivity index (χ0n) is 13.6. The van der Waals surface area contributed by atoms with E-state index in [0.717, 1.165) is 0 Å². The van der Waals surface area contributed by atoms with E-state index in [9.17, 15) is 19.2 Å². The van der Waals surface area contributed by atoms with Gasteiger partial charge in [-0.15, -0.1) is 0 Å². The minimum absolute atomic E-state index is 0. The predicted molar refractivity (Wildman–Crippen MR) is 74.2 cm³/mol. The number of nitrogens with one attached hydrogen (secondary N) is 1. The van der Waals surface area contributed by atoms with Crippen LogP contribution >= 0.6 is 0 Å². The van der Waals surface area contributed by atoms with Crippen LogP contribution in [0.15, 0.2) is 0 Å². The molecule has 0 aliphatic heterocycles. The van der Waals surface area contributed by atoms with Crippen LogP contribution < -0.4 is 23.0 Å². The summed E-state index contributed by atoms with van der Waals surface area (Å²) < 4.78 is 12.9. The fraction of sp³-hybridized carbons (Fsp3) is 0.600. The van der Waals surface area contributed by atoms with Gasteiger partial charge >= 0.3 is 23.8 Å². The molecule has 0 spiro atoms. The van der Waals surface area contributed by atoms with Crippen LogP contribution in [0.3, 0.4) is 0 Å². The van der Waals surface area contributed by atoms with E-state index in [4.69, 9.17) is 0 Å². The number of hydrogen-bond acceptors (Lipinski definition) is 10. The molecule has 0 aliphatic carbocycles. The standard InChI is InChI=1S/C6H10O4.C4H8N2O3.H4N2.H2O.2V/c1-3-9-5(7)6(8)10-4-2;1-2-9-4(8)3(7)6-5;1-2;;;/h3-4H2,1-2H3;2,5H2,1H3,(H,6,7);1-2H2;1H2;;. The Morgan fingerprint density at radius 2 is 1.00 bits per heavy atom. The first kappa shape index (κ1) is 38.4. The monoisotopic (exact) mass is 430 g/mol. The average Bonchev–Trinajstić information content (AvgIpc) is 2.49. The molecule has 0 aliphatic rings. The number of carbonyl (C=O) groups excluding carboxylic acids is 4. The second-order valence-corrected chi connectivity index (χ2v) is 2.63. The molecule has 0 aromatic heterocycles. The zero-order valence-corrected chi connectivity index (χ0v) is 16.4. The summed E-state index contributed by atoms with van der Waals surface area (Å²) in [4.78, 5) is 41.3. The topological polar surface area (TPSA) is 218 Å². The Balaban J connectivity index is -0.0000000550. The first-order valence-corrected chi connectivity index (χ1v) is 5.79. The molecule has 0 rings (SSSR count). The van der Waals surface area contributed by atoms with Gasteiger partial charge in [-0.05, 0) is 20.8 Å². The summed E-state index contributed by atoms with van der Waals surface area (Å²) in [5, 5.41) is 0. The molecule has 2 radical (unpaired) electrons. The first-order valence-electron chi connectivity index (χ1n) is 5.79. The van der Waals surface area contributed by atoms with Gasteiger partial charge < -0.3 is 19.7 Å². The van der Waals surface area contributed by atoms with Gasteiger partial charge in [-0.3, -0.25) is 21.9 Å². The molecule has 0 fully saturated rings. The Morgan fingerprint density at radius 3 is 1.21 bits per heavy atom. The van der Waals surface area contributed by atoms with Gasteiger partial charge in [-0.2, -0.15) is 0 Å². The van der Waals surface area contributed by atoms with Crippen molar-refractivity contribution in [2.45, 2.75) is 20.8 Å². The number of amides is 1. The van der Waals surface area contributed by atoms with E-state index in [1.54, 1.807) is 26.2 Å². The number of nitrogens with two attached hydrogens (primary N) is 3. The van der Waals surface area contributed by atoms with Crippen molar-refractivity contribution < 1.29 is 76.0 Å². The molecule has 0 aromatic rings. The van der Waals surface area contributed by atoms with Crippen molar-refractivity contribution in [2.75, 3.05) is 19.8 Å². The van der Waals surface area contributed by atoms with Gasteiger partial charge in [-0.1, -0.05) is 0 Å². The largest absolute Gasteiger partial charge is 0.459 e. The molecular formula is C10H24N4O8V2. The Bertz CT molecular complexity index is 318. The van der Waals surface area contributed by atoms with Crippen LogP contribution in [-0.4, -0.2) is 49.1 Å². The zero-order chi connectivity index (χ0) is 17.3. The third-order valence-corrected chi connectivity index (χ3v) is 1.31. The number of ether oxygens (including phenoxy) is 3. The molecule has 0 unspecified atom stereocenters. The molecule has 24 heavy (non-hydrogen) atoms. The number of rotatable bonds is 3. The van der Waals surface area contributed by atoms with Crippen LogP contribution in [0.1, 0.15) is 20.8 Å². The fourth-order valence-corrected chi connectivity index (χ4v) is 0.636.